The lowest BCUT2D eigenvalue weighted by Crippen LogP contribution is -2.25. The van der Waals surface area contributed by atoms with Gasteiger partial charge in [0.05, 0.1) is 17.6 Å². The number of rotatable bonds is 12. The van der Waals surface area contributed by atoms with Crippen molar-refractivity contribution in [2.75, 3.05) is 13.2 Å². The molecule has 0 radical (unpaired) electrons. The Kier molecular flexibility index (Phi) is 8.99. The number of hydrogen-bond donors (Lipinski definition) is 1. The second-order valence-corrected chi connectivity index (χ2v) is 10.0. The fraction of sp³-hybridized carbons (Fsp3) is 0.375. The molecule has 3 aromatic carbocycles. The average molecular weight is 498 g/mol. The molecule has 0 aliphatic carbocycles. The number of nitrogens with zero attached hydrogens (tertiary/aromatic N) is 2. The van der Waals surface area contributed by atoms with Gasteiger partial charge in [-0.15, -0.1) is 0 Å². The maximum Gasteiger partial charge on any atom is 0.251 e. The third kappa shape index (κ3) is 7.00. The highest BCUT2D eigenvalue weighted by atomic mass is 16.5. The summed E-state index contributed by atoms with van der Waals surface area (Å²) in [5.74, 6) is 2.08. The number of carbonyl (C=O) groups excluding carboxylic acids is 1. The number of aryl methyl sites for hydroxylation is 6. The Morgan fingerprint density at radius 3 is 2.51 bits per heavy atom. The summed E-state index contributed by atoms with van der Waals surface area (Å²) in [5, 5.41) is 3.07. The van der Waals surface area contributed by atoms with Gasteiger partial charge in [-0.05, 0) is 94.0 Å². The molecule has 0 atom stereocenters. The Balaban J connectivity index is 1.25. The highest BCUT2D eigenvalue weighted by Gasteiger charge is 2.11. The Labute approximate surface area is 220 Å². The van der Waals surface area contributed by atoms with E-state index in [1.165, 1.54) is 22.2 Å². The highest BCUT2D eigenvalue weighted by molar-refractivity contribution is 5.95. The second kappa shape index (κ2) is 12.6. The van der Waals surface area contributed by atoms with Crippen LogP contribution in [0, 0.1) is 27.7 Å². The van der Waals surface area contributed by atoms with Crippen LogP contribution in [0.25, 0.3) is 11.0 Å². The normalized spacial score (nSPS) is 11.1. The van der Waals surface area contributed by atoms with Crippen LogP contribution in [0.2, 0.25) is 0 Å². The smallest absolute Gasteiger partial charge is 0.251 e. The third-order valence-corrected chi connectivity index (χ3v) is 7.00. The van der Waals surface area contributed by atoms with Crippen LogP contribution in [0.5, 0.6) is 5.75 Å². The molecule has 0 unspecified atom stereocenters. The molecule has 5 nitrogen and oxygen atoms in total. The molecule has 1 heterocycles. The van der Waals surface area contributed by atoms with Gasteiger partial charge in [0.25, 0.3) is 5.91 Å². The molecule has 0 fully saturated rings. The van der Waals surface area contributed by atoms with Gasteiger partial charge in [0.2, 0.25) is 0 Å². The van der Waals surface area contributed by atoms with E-state index >= 15 is 0 Å². The summed E-state index contributed by atoms with van der Waals surface area (Å²) in [6.07, 6.45) is 4.90. The predicted molar refractivity (Wildman–Crippen MR) is 152 cm³/mol. The summed E-state index contributed by atoms with van der Waals surface area (Å²) in [7, 11) is 0. The van der Waals surface area contributed by atoms with Gasteiger partial charge in [-0.3, -0.25) is 4.79 Å². The van der Waals surface area contributed by atoms with E-state index in [1.807, 2.05) is 38.1 Å². The van der Waals surface area contributed by atoms with E-state index < -0.39 is 0 Å². The molecule has 4 aromatic rings. The molecule has 0 saturated carbocycles. The standard InChI is InChI=1S/C32H39N3O2/c1-23-14-17-28(26(4)21-23)32(36)33-18-9-5-6-13-31-34-29-11-7-8-12-30(29)35(31)19-10-20-37-27-16-15-24(2)25(3)22-27/h7-8,11-12,14-17,21-22H,5-6,9-10,13,18-20H2,1-4H3,(H,33,36). The number of amides is 1. The monoisotopic (exact) mass is 497 g/mol. The fourth-order valence-electron chi connectivity index (χ4n) is 4.73. The maximum absolute atomic E-state index is 12.5. The quantitative estimate of drug-likeness (QED) is 0.217. The lowest BCUT2D eigenvalue weighted by molar-refractivity contribution is 0.0952. The van der Waals surface area contributed by atoms with Crippen LogP contribution in [0.15, 0.2) is 60.7 Å². The zero-order valence-corrected chi connectivity index (χ0v) is 22.6. The third-order valence-electron chi connectivity index (χ3n) is 7.00. The molecular formula is C32H39N3O2. The number of carbonyl (C=O) groups is 1. The van der Waals surface area contributed by atoms with Crippen molar-refractivity contribution >= 4 is 16.9 Å². The Morgan fingerprint density at radius 1 is 0.865 bits per heavy atom. The van der Waals surface area contributed by atoms with Crippen molar-refractivity contribution in [3.05, 3.63) is 94.3 Å². The minimum Gasteiger partial charge on any atom is -0.494 e. The van der Waals surface area contributed by atoms with Gasteiger partial charge in [-0.1, -0.05) is 42.3 Å². The summed E-state index contributed by atoms with van der Waals surface area (Å²) < 4.78 is 8.36. The van der Waals surface area contributed by atoms with Gasteiger partial charge < -0.3 is 14.6 Å². The van der Waals surface area contributed by atoms with Gasteiger partial charge in [0.15, 0.2) is 0 Å². The molecule has 37 heavy (non-hydrogen) atoms. The van der Waals surface area contributed by atoms with Crippen molar-refractivity contribution in [2.45, 2.75) is 66.3 Å². The molecule has 194 valence electrons. The van der Waals surface area contributed by atoms with Crippen molar-refractivity contribution in [1.82, 2.24) is 14.9 Å². The number of nitrogens with one attached hydrogen (secondary N) is 1. The first-order valence-corrected chi connectivity index (χ1v) is 13.4. The number of para-hydroxylation sites is 2. The summed E-state index contributed by atoms with van der Waals surface area (Å²) in [6, 6.07) is 20.6. The van der Waals surface area contributed by atoms with Crippen molar-refractivity contribution < 1.29 is 9.53 Å². The van der Waals surface area contributed by atoms with Gasteiger partial charge in [-0.25, -0.2) is 4.98 Å². The van der Waals surface area contributed by atoms with E-state index in [-0.39, 0.29) is 5.91 Å². The van der Waals surface area contributed by atoms with E-state index in [2.05, 4.69) is 60.1 Å². The maximum atomic E-state index is 12.5. The number of imidazole rings is 1. The molecule has 1 N–H and O–H groups in total. The first-order valence-electron chi connectivity index (χ1n) is 13.4. The molecule has 5 heteroatoms. The van der Waals surface area contributed by atoms with Crippen LogP contribution in [0.1, 0.15) is 64.1 Å². The van der Waals surface area contributed by atoms with Crippen LogP contribution < -0.4 is 10.1 Å². The molecule has 0 aliphatic rings. The number of ether oxygens (including phenoxy) is 1. The van der Waals surface area contributed by atoms with Gasteiger partial charge in [0.1, 0.15) is 11.6 Å². The van der Waals surface area contributed by atoms with E-state index in [4.69, 9.17) is 9.72 Å². The van der Waals surface area contributed by atoms with Crippen LogP contribution in [-0.4, -0.2) is 28.6 Å². The molecule has 0 spiro atoms. The number of unbranched alkanes of at least 4 members (excludes halogenated alkanes) is 2. The number of fused-ring (bicyclic) bond motifs is 1. The van der Waals surface area contributed by atoms with Crippen molar-refractivity contribution in [3.63, 3.8) is 0 Å². The topological polar surface area (TPSA) is 56.2 Å². The van der Waals surface area contributed by atoms with Gasteiger partial charge in [0, 0.05) is 25.1 Å². The number of hydrogen-bond acceptors (Lipinski definition) is 3. The van der Waals surface area contributed by atoms with Crippen LogP contribution in [0.4, 0.5) is 0 Å². The lowest BCUT2D eigenvalue weighted by Gasteiger charge is -2.11. The molecule has 0 bridgehead atoms. The van der Waals surface area contributed by atoms with E-state index in [1.54, 1.807) is 0 Å². The van der Waals surface area contributed by atoms with Crippen LogP contribution >= 0.6 is 0 Å². The van der Waals surface area contributed by atoms with Gasteiger partial charge >= 0.3 is 0 Å². The molecule has 1 amide bonds. The molecular weight excluding hydrogens is 458 g/mol. The SMILES string of the molecule is Cc1ccc(C(=O)NCCCCCc2nc3ccccc3n2CCCOc2ccc(C)c(C)c2)c(C)c1. The number of benzene rings is 3. The highest BCUT2D eigenvalue weighted by Crippen LogP contribution is 2.20. The van der Waals surface area contributed by atoms with Crippen molar-refractivity contribution in [3.8, 4) is 5.75 Å². The minimum absolute atomic E-state index is 0.0160. The van der Waals surface area contributed by atoms with Crippen molar-refractivity contribution in [1.29, 1.82) is 0 Å². The summed E-state index contributed by atoms with van der Waals surface area (Å²) in [4.78, 5) is 17.4. The first-order chi connectivity index (χ1) is 17.9. The lowest BCUT2D eigenvalue weighted by atomic mass is 10.1. The van der Waals surface area contributed by atoms with Crippen LogP contribution in [-0.2, 0) is 13.0 Å². The summed E-state index contributed by atoms with van der Waals surface area (Å²) in [6.45, 7) is 10.5. The molecule has 0 aliphatic heterocycles. The number of aromatic nitrogens is 2. The average Bonchev–Trinajstić information content (AvgIpc) is 3.23. The Hall–Kier alpha value is -3.60. The zero-order valence-electron chi connectivity index (χ0n) is 22.6. The second-order valence-electron chi connectivity index (χ2n) is 10.0. The van der Waals surface area contributed by atoms with Crippen molar-refractivity contribution in [2.24, 2.45) is 0 Å². The minimum atomic E-state index is 0.0160. The molecule has 0 saturated heterocycles. The molecule has 4 rings (SSSR count). The largest absolute Gasteiger partial charge is 0.494 e. The van der Waals surface area contributed by atoms with Gasteiger partial charge in [-0.2, -0.15) is 0 Å². The molecule has 1 aromatic heterocycles. The van der Waals surface area contributed by atoms with E-state index in [0.717, 1.165) is 66.9 Å². The predicted octanol–water partition coefficient (Wildman–Crippen LogP) is 6.88. The Morgan fingerprint density at radius 2 is 1.70 bits per heavy atom. The fourth-order valence-corrected chi connectivity index (χ4v) is 4.73. The first kappa shape index (κ1) is 26.5. The Bertz CT molecular complexity index is 1360. The summed E-state index contributed by atoms with van der Waals surface area (Å²) >= 11 is 0. The van der Waals surface area contributed by atoms with E-state index in [0.29, 0.717) is 13.2 Å². The van der Waals surface area contributed by atoms with Crippen LogP contribution in [0.3, 0.4) is 0 Å². The van der Waals surface area contributed by atoms with E-state index in [9.17, 15) is 4.79 Å². The zero-order chi connectivity index (χ0) is 26.2. The summed E-state index contributed by atoms with van der Waals surface area (Å²) in [5.41, 5.74) is 7.74.